The number of carboxylic acids is 1. The summed E-state index contributed by atoms with van der Waals surface area (Å²) in [4.78, 5) is 11.7. The zero-order valence-corrected chi connectivity index (χ0v) is 11.1. The summed E-state index contributed by atoms with van der Waals surface area (Å²) in [7, 11) is -3.29. The molecule has 0 aromatic heterocycles. The van der Waals surface area contributed by atoms with Crippen molar-refractivity contribution in [2.75, 3.05) is 5.75 Å². The van der Waals surface area contributed by atoms with Crippen LogP contribution in [0.1, 0.15) is 30.9 Å². The van der Waals surface area contributed by atoms with Crippen molar-refractivity contribution in [3.8, 4) is 0 Å². The average molecular weight is 281 g/mol. The highest BCUT2D eigenvalue weighted by Gasteiger charge is 2.48. The zero-order valence-electron chi connectivity index (χ0n) is 10.3. The lowest BCUT2D eigenvalue weighted by atomic mass is 9.76. The predicted octanol–water partition coefficient (Wildman–Crippen LogP) is 1.11. The molecule has 1 heterocycles. The Bertz CT molecular complexity index is 634. The molecule has 1 fully saturated rings. The van der Waals surface area contributed by atoms with Gasteiger partial charge in [-0.05, 0) is 30.9 Å². The van der Waals surface area contributed by atoms with Crippen LogP contribution < -0.4 is 5.32 Å². The largest absolute Gasteiger partial charge is 0.480 e. The monoisotopic (exact) mass is 281 g/mol. The Hall–Kier alpha value is -1.40. The Morgan fingerprint density at radius 3 is 2.58 bits per heavy atom. The van der Waals surface area contributed by atoms with Crippen LogP contribution in [-0.4, -0.2) is 30.8 Å². The number of carbonyl (C=O) groups is 1. The lowest BCUT2D eigenvalue weighted by Crippen LogP contribution is -2.58. The van der Waals surface area contributed by atoms with Crippen LogP contribution in [0.15, 0.2) is 29.2 Å². The first-order valence-corrected chi connectivity index (χ1v) is 7.93. The van der Waals surface area contributed by atoms with Crippen molar-refractivity contribution in [2.45, 2.75) is 35.7 Å². The van der Waals surface area contributed by atoms with Crippen molar-refractivity contribution < 1.29 is 18.3 Å². The Morgan fingerprint density at radius 1 is 1.32 bits per heavy atom. The second-order valence-corrected chi connectivity index (χ2v) is 7.26. The van der Waals surface area contributed by atoms with E-state index in [1.165, 1.54) is 0 Å². The minimum atomic E-state index is -3.29. The number of aliphatic carboxylic acids is 1. The van der Waals surface area contributed by atoms with Gasteiger partial charge in [-0.1, -0.05) is 18.2 Å². The molecular formula is C13H15NO4S. The molecule has 1 aliphatic carbocycles. The van der Waals surface area contributed by atoms with Crippen LogP contribution in [0.25, 0.3) is 0 Å². The summed E-state index contributed by atoms with van der Waals surface area (Å²) < 4.78 is 24.1. The fraction of sp³-hybridized carbons (Fsp3) is 0.462. The van der Waals surface area contributed by atoms with E-state index in [-0.39, 0.29) is 5.75 Å². The summed E-state index contributed by atoms with van der Waals surface area (Å²) >= 11 is 0. The highest BCUT2D eigenvalue weighted by molar-refractivity contribution is 7.91. The van der Waals surface area contributed by atoms with Crippen LogP contribution in [0.4, 0.5) is 0 Å². The second-order valence-electron chi connectivity index (χ2n) is 5.26. The molecule has 0 spiro atoms. The molecule has 2 aliphatic rings. The summed E-state index contributed by atoms with van der Waals surface area (Å²) in [5.74, 6) is -0.943. The van der Waals surface area contributed by atoms with E-state index in [0.29, 0.717) is 23.3 Å². The first-order valence-electron chi connectivity index (χ1n) is 6.27. The molecular weight excluding hydrogens is 266 g/mol. The van der Waals surface area contributed by atoms with Crippen LogP contribution in [-0.2, 0) is 14.6 Å². The molecule has 0 saturated heterocycles. The molecule has 3 rings (SSSR count). The first kappa shape index (κ1) is 12.6. The van der Waals surface area contributed by atoms with E-state index in [0.717, 1.165) is 6.42 Å². The van der Waals surface area contributed by atoms with Crippen molar-refractivity contribution in [1.29, 1.82) is 0 Å². The summed E-state index contributed by atoms with van der Waals surface area (Å²) in [6.07, 6.45) is 1.97. The Labute approximate surface area is 111 Å². The van der Waals surface area contributed by atoms with Crippen molar-refractivity contribution in [1.82, 2.24) is 5.32 Å². The highest BCUT2D eigenvalue weighted by atomic mass is 32.2. The number of hydrogen-bond acceptors (Lipinski definition) is 4. The fourth-order valence-electron chi connectivity index (χ4n) is 2.85. The highest BCUT2D eigenvalue weighted by Crippen LogP contribution is 2.39. The lowest BCUT2D eigenvalue weighted by molar-refractivity contribution is -0.149. The number of hydrogen-bond donors (Lipinski definition) is 2. The number of rotatable bonds is 3. The quantitative estimate of drug-likeness (QED) is 0.867. The lowest BCUT2D eigenvalue weighted by Gasteiger charge is -2.40. The minimum absolute atomic E-state index is 0.0542. The van der Waals surface area contributed by atoms with Gasteiger partial charge in [0, 0.05) is 6.04 Å². The third-order valence-electron chi connectivity index (χ3n) is 4.08. The molecule has 102 valence electrons. The van der Waals surface area contributed by atoms with E-state index in [1.54, 1.807) is 24.3 Å². The molecule has 1 aromatic rings. The third kappa shape index (κ3) is 1.86. The van der Waals surface area contributed by atoms with E-state index in [2.05, 4.69) is 5.32 Å². The van der Waals surface area contributed by atoms with E-state index >= 15 is 0 Å². The van der Waals surface area contributed by atoms with E-state index in [1.807, 2.05) is 0 Å². The topological polar surface area (TPSA) is 83.5 Å². The average Bonchev–Trinajstić information content (AvgIpc) is 2.56. The minimum Gasteiger partial charge on any atom is -0.480 e. The number of carboxylic acid groups (broad SMARTS) is 1. The fourth-order valence-corrected chi connectivity index (χ4v) is 4.59. The SMILES string of the molecule is O=C(O)C1(NC2CS(=O)(=O)c3ccccc32)CCC1. The Balaban J connectivity index is 1.94. The molecule has 0 bridgehead atoms. The Morgan fingerprint density at radius 2 is 2.00 bits per heavy atom. The predicted molar refractivity (Wildman–Crippen MR) is 68.6 cm³/mol. The molecule has 1 saturated carbocycles. The number of fused-ring (bicyclic) bond motifs is 1. The number of nitrogens with one attached hydrogen (secondary N) is 1. The molecule has 1 unspecified atom stereocenters. The van der Waals surface area contributed by atoms with Gasteiger partial charge in [-0.25, -0.2) is 8.42 Å². The maximum atomic E-state index is 12.0. The van der Waals surface area contributed by atoms with Gasteiger partial charge in [0.1, 0.15) is 5.54 Å². The summed E-state index contributed by atoms with van der Waals surface area (Å²) in [6.45, 7) is 0. The van der Waals surface area contributed by atoms with Gasteiger partial charge in [0.2, 0.25) is 0 Å². The molecule has 2 N–H and O–H groups in total. The molecule has 0 amide bonds. The summed E-state index contributed by atoms with van der Waals surface area (Å²) in [6, 6.07) is 6.39. The van der Waals surface area contributed by atoms with Gasteiger partial charge in [0.25, 0.3) is 0 Å². The second kappa shape index (κ2) is 4.05. The first-order chi connectivity index (χ1) is 8.95. The summed E-state index contributed by atoms with van der Waals surface area (Å²) in [5, 5.41) is 12.4. The molecule has 6 heteroatoms. The normalized spacial score (nSPS) is 26.4. The smallest absolute Gasteiger partial charge is 0.323 e. The van der Waals surface area contributed by atoms with Gasteiger partial charge in [0.15, 0.2) is 9.84 Å². The van der Waals surface area contributed by atoms with Gasteiger partial charge in [0.05, 0.1) is 10.6 Å². The van der Waals surface area contributed by atoms with Gasteiger partial charge in [-0.3, -0.25) is 10.1 Å². The maximum Gasteiger partial charge on any atom is 0.323 e. The van der Waals surface area contributed by atoms with Crippen LogP contribution >= 0.6 is 0 Å². The van der Waals surface area contributed by atoms with Crippen LogP contribution in [0, 0.1) is 0 Å². The van der Waals surface area contributed by atoms with Crippen LogP contribution in [0.5, 0.6) is 0 Å². The standard InChI is InChI=1S/C13H15NO4S/c15-12(16)13(6-3-7-13)14-10-8-19(17,18)11-5-2-1-4-9(10)11/h1-2,4-5,10,14H,3,6-8H2,(H,15,16). The van der Waals surface area contributed by atoms with Crippen LogP contribution in [0.3, 0.4) is 0 Å². The molecule has 19 heavy (non-hydrogen) atoms. The van der Waals surface area contributed by atoms with Gasteiger partial charge >= 0.3 is 5.97 Å². The van der Waals surface area contributed by atoms with Gasteiger partial charge in [-0.2, -0.15) is 0 Å². The van der Waals surface area contributed by atoms with Crippen molar-refractivity contribution in [3.63, 3.8) is 0 Å². The van der Waals surface area contributed by atoms with Crippen molar-refractivity contribution in [3.05, 3.63) is 29.8 Å². The van der Waals surface area contributed by atoms with E-state index in [9.17, 15) is 18.3 Å². The van der Waals surface area contributed by atoms with Gasteiger partial charge in [-0.15, -0.1) is 0 Å². The molecule has 5 nitrogen and oxygen atoms in total. The molecule has 1 aromatic carbocycles. The Kier molecular flexibility index (Phi) is 2.69. The summed E-state index contributed by atoms with van der Waals surface area (Å²) in [5.41, 5.74) is -0.257. The van der Waals surface area contributed by atoms with Crippen molar-refractivity contribution >= 4 is 15.8 Å². The van der Waals surface area contributed by atoms with E-state index in [4.69, 9.17) is 0 Å². The van der Waals surface area contributed by atoms with Gasteiger partial charge < -0.3 is 5.11 Å². The maximum absolute atomic E-state index is 12.0. The molecule has 0 radical (unpaired) electrons. The third-order valence-corrected chi connectivity index (χ3v) is 5.90. The molecule has 1 aliphatic heterocycles. The van der Waals surface area contributed by atoms with E-state index < -0.39 is 27.4 Å². The van der Waals surface area contributed by atoms with Crippen molar-refractivity contribution in [2.24, 2.45) is 0 Å². The number of benzene rings is 1. The molecule has 1 atom stereocenters. The number of sulfone groups is 1. The van der Waals surface area contributed by atoms with Crippen LogP contribution in [0.2, 0.25) is 0 Å². The zero-order chi connectivity index (χ0) is 13.7.